The summed E-state index contributed by atoms with van der Waals surface area (Å²) in [6.07, 6.45) is 0. The summed E-state index contributed by atoms with van der Waals surface area (Å²) in [6.45, 7) is 2.49. The number of nitrogens with two attached hydrogens (primary N) is 1. The second kappa shape index (κ2) is 4.43. The molecule has 5 heteroatoms. The fourth-order valence-corrected chi connectivity index (χ4v) is 2.88. The summed E-state index contributed by atoms with van der Waals surface area (Å²) in [4.78, 5) is 12.3. The third-order valence-electron chi connectivity index (χ3n) is 2.23. The Bertz CT molecular complexity index is 550. The lowest BCUT2D eigenvalue weighted by atomic mass is 10.2. The van der Waals surface area contributed by atoms with Gasteiger partial charge in [0.2, 0.25) is 0 Å². The largest absolute Gasteiger partial charge is 0.397 e. The fourth-order valence-electron chi connectivity index (χ4n) is 1.50. The summed E-state index contributed by atoms with van der Waals surface area (Å²) in [5, 5.41) is 3.69. The lowest BCUT2D eigenvalue weighted by molar-refractivity contribution is 0.0960. The quantitative estimate of drug-likeness (QED) is 0.895. The van der Waals surface area contributed by atoms with Crippen LogP contribution in [0.4, 0.5) is 5.69 Å². The summed E-state index contributed by atoms with van der Waals surface area (Å²) < 4.78 is 1.99. The maximum absolute atomic E-state index is 11.7. The summed E-state index contributed by atoms with van der Waals surface area (Å²) in [5.41, 5.74) is 6.53. The standard InChI is InChI=1S/C11H11BrN2OS/c1-2-14-11(15)10-9(13)7-5-6(12)3-4-8(7)16-10/h3-5H,2,13H2,1H3,(H,14,15). The van der Waals surface area contributed by atoms with E-state index in [0.717, 1.165) is 14.6 Å². The van der Waals surface area contributed by atoms with Crippen molar-refractivity contribution in [1.29, 1.82) is 0 Å². The maximum atomic E-state index is 11.7. The number of anilines is 1. The average Bonchev–Trinajstić information content (AvgIpc) is 2.57. The third-order valence-corrected chi connectivity index (χ3v) is 3.91. The Morgan fingerprint density at radius 3 is 3.00 bits per heavy atom. The van der Waals surface area contributed by atoms with E-state index in [1.165, 1.54) is 11.3 Å². The zero-order valence-electron chi connectivity index (χ0n) is 8.71. The fraction of sp³-hybridized carbons (Fsp3) is 0.182. The number of thiophene rings is 1. The van der Waals surface area contributed by atoms with Gasteiger partial charge in [0.05, 0.1) is 5.69 Å². The summed E-state index contributed by atoms with van der Waals surface area (Å²) in [7, 11) is 0. The van der Waals surface area contributed by atoms with E-state index in [2.05, 4.69) is 21.2 Å². The SMILES string of the molecule is CCNC(=O)c1sc2ccc(Br)cc2c1N. The molecule has 1 amide bonds. The molecule has 84 valence electrons. The Hall–Kier alpha value is -1.07. The summed E-state index contributed by atoms with van der Waals surface area (Å²) in [6, 6.07) is 5.84. The van der Waals surface area contributed by atoms with Crippen LogP contribution in [0.3, 0.4) is 0 Å². The van der Waals surface area contributed by atoms with Crippen molar-refractivity contribution in [3.8, 4) is 0 Å². The Balaban J connectivity index is 2.56. The number of rotatable bonds is 2. The Kier molecular flexibility index (Phi) is 3.16. The van der Waals surface area contributed by atoms with Gasteiger partial charge < -0.3 is 11.1 Å². The molecule has 0 radical (unpaired) electrons. The van der Waals surface area contributed by atoms with Crippen molar-refractivity contribution in [3.05, 3.63) is 27.5 Å². The van der Waals surface area contributed by atoms with Gasteiger partial charge in [-0.25, -0.2) is 0 Å². The number of hydrogen-bond donors (Lipinski definition) is 2. The van der Waals surface area contributed by atoms with E-state index in [1.54, 1.807) is 0 Å². The number of nitrogens with one attached hydrogen (secondary N) is 1. The number of carbonyl (C=O) groups excluding carboxylic acids is 1. The molecule has 1 aromatic heterocycles. The van der Waals surface area contributed by atoms with Gasteiger partial charge in [0.25, 0.3) is 5.91 Å². The first-order valence-corrected chi connectivity index (χ1v) is 6.50. The van der Waals surface area contributed by atoms with Crippen LogP contribution in [-0.4, -0.2) is 12.5 Å². The Morgan fingerprint density at radius 2 is 2.31 bits per heavy atom. The number of benzene rings is 1. The molecule has 1 aromatic carbocycles. The highest BCUT2D eigenvalue weighted by atomic mass is 79.9. The molecule has 0 unspecified atom stereocenters. The average molecular weight is 299 g/mol. The van der Waals surface area contributed by atoms with Gasteiger partial charge >= 0.3 is 0 Å². The Labute approximate surface area is 106 Å². The molecule has 0 aliphatic heterocycles. The minimum Gasteiger partial charge on any atom is -0.397 e. The predicted molar refractivity (Wildman–Crippen MR) is 71.9 cm³/mol. The molecular formula is C11H11BrN2OS. The Morgan fingerprint density at radius 1 is 1.56 bits per heavy atom. The molecule has 2 rings (SSSR count). The van der Waals surface area contributed by atoms with Crippen LogP contribution in [0.1, 0.15) is 16.6 Å². The zero-order chi connectivity index (χ0) is 11.7. The van der Waals surface area contributed by atoms with Gasteiger partial charge in [-0.2, -0.15) is 0 Å². The molecule has 0 aliphatic carbocycles. The van der Waals surface area contributed by atoms with E-state index in [-0.39, 0.29) is 5.91 Å². The number of carbonyl (C=O) groups is 1. The van der Waals surface area contributed by atoms with E-state index in [9.17, 15) is 4.79 Å². The normalized spacial score (nSPS) is 10.6. The van der Waals surface area contributed by atoms with Crippen LogP contribution in [0.5, 0.6) is 0 Å². The van der Waals surface area contributed by atoms with Crippen LogP contribution in [0.25, 0.3) is 10.1 Å². The van der Waals surface area contributed by atoms with Gasteiger partial charge in [-0.15, -0.1) is 11.3 Å². The van der Waals surface area contributed by atoms with Gasteiger partial charge in [-0.05, 0) is 25.1 Å². The number of amides is 1. The zero-order valence-corrected chi connectivity index (χ0v) is 11.1. The minimum absolute atomic E-state index is 0.0997. The van der Waals surface area contributed by atoms with E-state index in [0.29, 0.717) is 17.1 Å². The number of fused-ring (bicyclic) bond motifs is 1. The molecule has 0 saturated heterocycles. The molecule has 3 N–H and O–H groups in total. The van der Waals surface area contributed by atoms with Gasteiger partial charge in [-0.1, -0.05) is 15.9 Å². The van der Waals surface area contributed by atoms with Crippen molar-refractivity contribution in [2.24, 2.45) is 0 Å². The smallest absolute Gasteiger partial charge is 0.263 e. The molecule has 2 aromatic rings. The molecule has 3 nitrogen and oxygen atoms in total. The van der Waals surface area contributed by atoms with E-state index >= 15 is 0 Å². The molecule has 0 atom stereocenters. The molecule has 0 aliphatic rings. The molecular weight excluding hydrogens is 288 g/mol. The minimum atomic E-state index is -0.0997. The maximum Gasteiger partial charge on any atom is 0.263 e. The highest BCUT2D eigenvalue weighted by Gasteiger charge is 2.15. The first kappa shape index (κ1) is 11.4. The highest BCUT2D eigenvalue weighted by Crippen LogP contribution is 2.35. The third kappa shape index (κ3) is 1.92. The van der Waals surface area contributed by atoms with E-state index < -0.39 is 0 Å². The first-order chi connectivity index (χ1) is 7.63. The van der Waals surface area contributed by atoms with E-state index in [4.69, 9.17) is 5.73 Å². The lowest BCUT2D eigenvalue weighted by Gasteiger charge is -1.99. The van der Waals surface area contributed by atoms with Crippen molar-refractivity contribution in [1.82, 2.24) is 5.32 Å². The number of nitrogen functional groups attached to an aromatic ring is 1. The van der Waals surface area contributed by atoms with Crippen LogP contribution in [0.2, 0.25) is 0 Å². The lowest BCUT2D eigenvalue weighted by Crippen LogP contribution is -2.22. The van der Waals surface area contributed by atoms with Crippen LogP contribution in [0, 0.1) is 0 Å². The molecule has 1 heterocycles. The molecule has 0 fully saturated rings. The van der Waals surface area contributed by atoms with Crippen LogP contribution < -0.4 is 11.1 Å². The second-order valence-corrected chi connectivity index (χ2v) is 5.31. The van der Waals surface area contributed by atoms with Gasteiger partial charge in [0.1, 0.15) is 4.88 Å². The van der Waals surface area contributed by atoms with Crippen LogP contribution >= 0.6 is 27.3 Å². The van der Waals surface area contributed by atoms with Crippen molar-refractivity contribution < 1.29 is 4.79 Å². The monoisotopic (exact) mass is 298 g/mol. The van der Waals surface area contributed by atoms with Crippen LogP contribution in [0.15, 0.2) is 22.7 Å². The topological polar surface area (TPSA) is 55.1 Å². The van der Waals surface area contributed by atoms with Crippen molar-refractivity contribution in [2.75, 3.05) is 12.3 Å². The van der Waals surface area contributed by atoms with Gasteiger partial charge in [-0.3, -0.25) is 4.79 Å². The first-order valence-electron chi connectivity index (χ1n) is 4.89. The summed E-state index contributed by atoms with van der Waals surface area (Å²) >= 11 is 4.81. The van der Waals surface area contributed by atoms with Crippen LogP contribution in [-0.2, 0) is 0 Å². The summed E-state index contributed by atoms with van der Waals surface area (Å²) in [5.74, 6) is -0.0997. The second-order valence-electron chi connectivity index (χ2n) is 3.34. The van der Waals surface area contributed by atoms with Crippen molar-refractivity contribution in [2.45, 2.75) is 6.92 Å². The molecule has 0 saturated carbocycles. The van der Waals surface area contributed by atoms with Gasteiger partial charge in [0.15, 0.2) is 0 Å². The highest BCUT2D eigenvalue weighted by molar-refractivity contribution is 9.10. The van der Waals surface area contributed by atoms with Gasteiger partial charge in [0, 0.05) is 21.1 Å². The van der Waals surface area contributed by atoms with Crippen molar-refractivity contribution in [3.63, 3.8) is 0 Å². The molecule has 16 heavy (non-hydrogen) atoms. The molecule has 0 spiro atoms. The number of hydrogen-bond acceptors (Lipinski definition) is 3. The predicted octanol–water partition coefficient (Wildman–Crippen LogP) is 3.00. The molecule has 0 bridgehead atoms. The van der Waals surface area contributed by atoms with E-state index in [1.807, 2.05) is 25.1 Å². The van der Waals surface area contributed by atoms with Crippen molar-refractivity contribution >= 4 is 48.9 Å². The number of halogens is 1.